The number of carbonyl (C=O) groups excluding carboxylic acids is 1. The Hall–Kier alpha value is -0.940. The summed E-state index contributed by atoms with van der Waals surface area (Å²) in [6.45, 7) is 7.88. The van der Waals surface area contributed by atoms with Gasteiger partial charge in [0, 0.05) is 39.3 Å². The zero-order valence-electron chi connectivity index (χ0n) is 17.4. The fourth-order valence-electron chi connectivity index (χ4n) is 2.96. The second-order valence-electron chi connectivity index (χ2n) is 6.68. The minimum atomic E-state index is -0.129. The van der Waals surface area contributed by atoms with E-state index in [9.17, 15) is 15.0 Å². The molecule has 0 bridgehead atoms. The lowest BCUT2D eigenvalue weighted by atomic mass is 10.2. The van der Waals surface area contributed by atoms with E-state index in [1.54, 1.807) is 6.08 Å². The van der Waals surface area contributed by atoms with Gasteiger partial charge in [0.05, 0.1) is 72.1 Å². The van der Waals surface area contributed by atoms with Gasteiger partial charge >= 0.3 is 0 Å². The molecule has 0 amide bonds. The molecule has 0 aliphatic carbocycles. The minimum absolute atomic E-state index is 0.0514. The molecular formula is C19H37N3O7. The second-order valence-corrected chi connectivity index (χ2v) is 6.68. The zero-order valence-corrected chi connectivity index (χ0v) is 17.4. The fraction of sp³-hybridized carbons (Fsp3) is 0.947. The maximum absolute atomic E-state index is 10.3. The van der Waals surface area contributed by atoms with Gasteiger partial charge in [-0.15, -0.1) is 0 Å². The van der Waals surface area contributed by atoms with Crippen molar-refractivity contribution in [1.29, 1.82) is 0 Å². The van der Waals surface area contributed by atoms with E-state index in [2.05, 4.69) is 14.8 Å². The van der Waals surface area contributed by atoms with Gasteiger partial charge in [-0.05, 0) is 6.42 Å². The summed E-state index contributed by atoms with van der Waals surface area (Å²) < 4.78 is 22.8. The molecule has 1 unspecified atom stereocenters. The van der Waals surface area contributed by atoms with Gasteiger partial charge in [0.2, 0.25) is 6.08 Å². The number of ether oxygens (including phenoxy) is 4. The first kappa shape index (κ1) is 26.1. The van der Waals surface area contributed by atoms with E-state index in [1.807, 2.05) is 0 Å². The molecule has 0 saturated carbocycles. The quantitative estimate of drug-likeness (QED) is 0.386. The molecule has 0 radical (unpaired) electrons. The summed E-state index contributed by atoms with van der Waals surface area (Å²) in [6.07, 6.45) is 2.02. The van der Waals surface area contributed by atoms with Gasteiger partial charge in [0.1, 0.15) is 0 Å². The molecule has 2 N–H and O–H groups in total. The predicted molar refractivity (Wildman–Crippen MR) is 107 cm³/mol. The SMILES string of the molecule is O=C=NCCC1CN(CCO)CCOCCOCCN(CCO)CCOCCO1. The Morgan fingerprint density at radius 1 is 0.828 bits per heavy atom. The van der Waals surface area contributed by atoms with Gasteiger partial charge in [-0.1, -0.05) is 0 Å². The Morgan fingerprint density at radius 2 is 1.38 bits per heavy atom. The lowest BCUT2D eigenvalue weighted by molar-refractivity contribution is -0.0264. The van der Waals surface area contributed by atoms with E-state index in [4.69, 9.17) is 18.9 Å². The molecule has 1 aliphatic rings. The minimum Gasteiger partial charge on any atom is -0.395 e. The molecule has 1 aliphatic heterocycles. The van der Waals surface area contributed by atoms with Crippen molar-refractivity contribution in [2.45, 2.75) is 12.5 Å². The highest BCUT2D eigenvalue weighted by atomic mass is 16.5. The molecule has 0 aromatic carbocycles. The summed E-state index contributed by atoms with van der Waals surface area (Å²) in [5, 5.41) is 18.5. The largest absolute Gasteiger partial charge is 0.395 e. The van der Waals surface area contributed by atoms with E-state index in [0.717, 1.165) is 6.54 Å². The molecule has 10 heteroatoms. The van der Waals surface area contributed by atoms with Crippen molar-refractivity contribution in [3.63, 3.8) is 0 Å². The third kappa shape index (κ3) is 14.6. The summed E-state index contributed by atoms with van der Waals surface area (Å²) in [5.41, 5.74) is 0. The van der Waals surface area contributed by atoms with Crippen LogP contribution in [0, 0.1) is 0 Å². The zero-order chi connectivity index (χ0) is 21.0. The van der Waals surface area contributed by atoms with Gasteiger partial charge in [0.15, 0.2) is 0 Å². The first-order chi connectivity index (χ1) is 14.3. The van der Waals surface area contributed by atoms with Gasteiger partial charge in [-0.25, -0.2) is 9.79 Å². The third-order valence-corrected chi connectivity index (χ3v) is 4.53. The van der Waals surface area contributed by atoms with Crippen LogP contribution >= 0.6 is 0 Å². The summed E-state index contributed by atoms with van der Waals surface area (Å²) in [4.78, 5) is 18.1. The van der Waals surface area contributed by atoms with Crippen LogP contribution in [-0.2, 0) is 23.7 Å². The number of aliphatic imine (C=N–C) groups is 1. The Morgan fingerprint density at radius 3 is 1.97 bits per heavy atom. The fourth-order valence-corrected chi connectivity index (χ4v) is 2.96. The highest BCUT2D eigenvalue weighted by Gasteiger charge is 2.15. The molecule has 10 nitrogen and oxygen atoms in total. The topological polar surface area (TPSA) is 113 Å². The Kier molecular flexibility index (Phi) is 17.1. The lowest BCUT2D eigenvalue weighted by Gasteiger charge is -2.27. The Bertz CT molecular complexity index is 425. The average Bonchev–Trinajstić information content (AvgIpc) is 2.71. The number of hydrogen-bond acceptors (Lipinski definition) is 10. The van der Waals surface area contributed by atoms with Crippen molar-refractivity contribution in [1.82, 2.24) is 9.80 Å². The van der Waals surface area contributed by atoms with Crippen LogP contribution < -0.4 is 0 Å². The van der Waals surface area contributed by atoms with E-state index in [0.29, 0.717) is 91.9 Å². The number of aliphatic hydroxyl groups excluding tert-OH is 2. The average molecular weight is 420 g/mol. The highest BCUT2D eigenvalue weighted by Crippen LogP contribution is 2.04. The number of hydrogen-bond donors (Lipinski definition) is 2. The Labute approximate surface area is 173 Å². The monoisotopic (exact) mass is 419 g/mol. The van der Waals surface area contributed by atoms with Crippen molar-refractivity contribution < 1.29 is 34.0 Å². The molecule has 29 heavy (non-hydrogen) atoms. The van der Waals surface area contributed by atoms with Crippen LogP contribution in [0.4, 0.5) is 0 Å². The van der Waals surface area contributed by atoms with Crippen LogP contribution in [0.15, 0.2) is 4.99 Å². The molecule has 0 aromatic rings. The predicted octanol–water partition coefficient (Wildman–Crippen LogP) is -1.25. The molecule has 0 aromatic heterocycles. The van der Waals surface area contributed by atoms with Gasteiger partial charge in [0.25, 0.3) is 0 Å². The van der Waals surface area contributed by atoms with Gasteiger partial charge in [-0.3, -0.25) is 9.80 Å². The van der Waals surface area contributed by atoms with E-state index >= 15 is 0 Å². The second kappa shape index (κ2) is 19.0. The number of rotatable bonds is 7. The first-order valence-corrected chi connectivity index (χ1v) is 10.3. The van der Waals surface area contributed by atoms with Gasteiger partial charge in [-0.2, -0.15) is 0 Å². The molecule has 1 atom stereocenters. The summed E-state index contributed by atoms with van der Waals surface area (Å²) in [6, 6.07) is 0. The number of aliphatic hydroxyl groups is 2. The molecule has 1 fully saturated rings. The molecule has 0 spiro atoms. The summed E-state index contributed by atoms with van der Waals surface area (Å²) >= 11 is 0. The van der Waals surface area contributed by atoms with E-state index in [-0.39, 0.29) is 19.3 Å². The smallest absolute Gasteiger partial charge is 0.234 e. The number of nitrogens with zero attached hydrogens (tertiary/aromatic N) is 3. The summed E-state index contributed by atoms with van der Waals surface area (Å²) in [7, 11) is 0. The maximum Gasteiger partial charge on any atom is 0.234 e. The number of β-amino-alcohol motifs (C(OH)–C–C–N with tert-alkyl or cyclic N) is 2. The normalized spacial score (nSPS) is 23.0. The first-order valence-electron chi connectivity index (χ1n) is 10.3. The molecule has 1 rings (SSSR count). The van der Waals surface area contributed by atoms with Crippen molar-refractivity contribution in [2.24, 2.45) is 4.99 Å². The van der Waals surface area contributed by atoms with Crippen molar-refractivity contribution in [3.8, 4) is 0 Å². The van der Waals surface area contributed by atoms with E-state index in [1.165, 1.54) is 0 Å². The molecule has 1 saturated heterocycles. The summed E-state index contributed by atoms with van der Waals surface area (Å²) in [5.74, 6) is 0. The van der Waals surface area contributed by atoms with E-state index < -0.39 is 0 Å². The van der Waals surface area contributed by atoms with Gasteiger partial charge < -0.3 is 29.2 Å². The lowest BCUT2D eigenvalue weighted by Crippen LogP contribution is -2.39. The maximum atomic E-state index is 10.3. The standard InChI is InChI=1S/C19H37N3O7/c23-8-3-21-5-10-26-13-14-27-12-7-22(4-9-24)17-19(1-2-20-18-25)29-16-15-28-11-6-21/h19,23-24H,1-17H2. The highest BCUT2D eigenvalue weighted by molar-refractivity contribution is 5.32. The van der Waals surface area contributed by atoms with Crippen LogP contribution in [0.5, 0.6) is 0 Å². The van der Waals surface area contributed by atoms with Crippen LogP contribution in [-0.4, -0.2) is 137 Å². The van der Waals surface area contributed by atoms with Crippen LogP contribution in [0.2, 0.25) is 0 Å². The van der Waals surface area contributed by atoms with Crippen molar-refractivity contribution >= 4 is 6.08 Å². The number of isocyanates is 1. The Balaban J connectivity index is 2.55. The van der Waals surface area contributed by atoms with Crippen LogP contribution in [0.25, 0.3) is 0 Å². The molecule has 170 valence electrons. The van der Waals surface area contributed by atoms with Crippen molar-refractivity contribution in [3.05, 3.63) is 0 Å². The van der Waals surface area contributed by atoms with Crippen LogP contribution in [0.1, 0.15) is 6.42 Å². The molecule has 1 heterocycles. The van der Waals surface area contributed by atoms with Crippen molar-refractivity contribution in [2.75, 3.05) is 105 Å². The van der Waals surface area contributed by atoms with Crippen LogP contribution in [0.3, 0.4) is 0 Å². The molecular weight excluding hydrogens is 382 g/mol. The third-order valence-electron chi connectivity index (χ3n) is 4.53.